The molecular weight excluding hydrogens is 248 g/mol. The smallest absolute Gasteiger partial charge is 0.248 e. The fraction of sp³-hybridized carbons (Fsp3) is 0.667. The third kappa shape index (κ3) is 2.59. The summed E-state index contributed by atoms with van der Waals surface area (Å²) in [6.07, 6.45) is 2.92. The normalized spacial score (nSPS) is 18.5. The van der Waals surface area contributed by atoms with Crippen molar-refractivity contribution >= 4 is 11.8 Å². The Labute approximate surface area is 111 Å². The molecular formula is C12H18N4O3. The number of hydrogen-bond donors (Lipinski definition) is 1. The third-order valence-electron chi connectivity index (χ3n) is 3.63. The van der Waals surface area contributed by atoms with Gasteiger partial charge in [-0.2, -0.15) is 4.98 Å². The van der Waals surface area contributed by atoms with Gasteiger partial charge in [0.1, 0.15) is 5.54 Å². The predicted molar refractivity (Wildman–Crippen MR) is 66.0 cm³/mol. The van der Waals surface area contributed by atoms with E-state index in [0.717, 1.165) is 0 Å². The summed E-state index contributed by atoms with van der Waals surface area (Å²) >= 11 is 0. The molecule has 19 heavy (non-hydrogen) atoms. The first kappa shape index (κ1) is 13.5. The van der Waals surface area contributed by atoms with E-state index >= 15 is 0 Å². The molecule has 1 aliphatic heterocycles. The quantitative estimate of drug-likeness (QED) is 0.818. The highest BCUT2D eigenvalue weighted by atomic mass is 16.5. The van der Waals surface area contributed by atoms with Gasteiger partial charge in [-0.05, 0) is 12.8 Å². The number of carbonyl (C=O) groups excluding carboxylic acids is 2. The molecule has 0 atom stereocenters. The molecule has 1 fully saturated rings. The molecule has 1 saturated heterocycles. The van der Waals surface area contributed by atoms with Crippen molar-refractivity contribution in [1.29, 1.82) is 0 Å². The molecule has 1 aliphatic rings. The van der Waals surface area contributed by atoms with E-state index in [2.05, 4.69) is 20.0 Å². The van der Waals surface area contributed by atoms with Gasteiger partial charge in [0.25, 0.3) is 0 Å². The van der Waals surface area contributed by atoms with Crippen molar-refractivity contribution in [3.8, 4) is 0 Å². The van der Waals surface area contributed by atoms with Gasteiger partial charge in [0.15, 0.2) is 5.82 Å². The molecule has 1 aromatic heterocycles. The van der Waals surface area contributed by atoms with E-state index in [1.165, 1.54) is 6.39 Å². The van der Waals surface area contributed by atoms with Crippen LogP contribution in [0.3, 0.4) is 0 Å². The molecule has 2 amide bonds. The zero-order valence-corrected chi connectivity index (χ0v) is 11.2. The maximum atomic E-state index is 12.5. The second kappa shape index (κ2) is 5.38. The SMILES string of the molecule is CCC1(CC)NC(=O)CN(CCc2ncon2)C1=O. The van der Waals surface area contributed by atoms with Crippen LogP contribution in [0.15, 0.2) is 10.9 Å². The lowest BCUT2D eigenvalue weighted by Crippen LogP contribution is -2.66. The number of hydrogen-bond acceptors (Lipinski definition) is 5. The number of nitrogens with zero attached hydrogens (tertiary/aromatic N) is 3. The Morgan fingerprint density at radius 2 is 2.16 bits per heavy atom. The summed E-state index contributed by atoms with van der Waals surface area (Å²) in [7, 11) is 0. The van der Waals surface area contributed by atoms with Crippen LogP contribution in [0.4, 0.5) is 0 Å². The molecule has 0 unspecified atom stereocenters. The lowest BCUT2D eigenvalue weighted by molar-refractivity contribution is -0.150. The highest BCUT2D eigenvalue weighted by Gasteiger charge is 2.43. The molecule has 7 nitrogen and oxygen atoms in total. The second-order valence-electron chi connectivity index (χ2n) is 4.66. The average Bonchev–Trinajstić information content (AvgIpc) is 2.92. The standard InChI is InChI=1S/C12H18N4O3/c1-3-12(4-2)11(18)16(7-10(17)14-12)6-5-9-13-8-19-15-9/h8H,3-7H2,1-2H3,(H,14,17). The Morgan fingerprint density at radius 1 is 1.42 bits per heavy atom. The first-order valence-electron chi connectivity index (χ1n) is 6.47. The molecule has 0 radical (unpaired) electrons. The molecule has 0 aliphatic carbocycles. The maximum absolute atomic E-state index is 12.5. The van der Waals surface area contributed by atoms with E-state index in [4.69, 9.17) is 0 Å². The van der Waals surface area contributed by atoms with E-state index in [1.54, 1.807) is 4.90 Å². The minimum Gasteiger partial charge on any atom is -0.343 e. The fourth-order valence-electron chi connectivity index (χ4n) is 2.36. The van der Waals surface area contributed by atoms with Gasteiger partial charge in [0.05, 0.1) is 6.54 Å². The number of rotatable bonds is 5. The van der Waals surface area contributed by atoms with Crippen LogP contribution in [0.25, 0.3) is 0 Å². The van der Waals surface area contributed by atoms with Crippen molar-refractivity contribution < 1.29 is 14.1 Å². The second-order valence-corrected chi connectivity index (χ2v) is 4.66. The number of nitrogens with one attached hydrogen (secondary N) is 1. The average molecular weight is 266 g/mol. The van der Waals surface area contributed by atoms with E-state index in [0.29, 0.717) is 31.6 Å². The first-order valence-corrected chi connectivity index (χ1v) is 6.47. The van der Waals surface area contributed by atoms with Gasteiger partial charge in [-0.1, -0.05) is 19.0 Å². The minimum absolute atomic E-state index is 0.0272. The molecule has 0 saturated carbocycles. The largest absolute Gasteiger partial charge is 0.343 e. The van der Waals surface area contributed by atoms with Crippen LogP contribution in [-0.4, -0.2) is 45.5 Å². The van der Waals surface area contributed by atoms with Gasteiger partial charge in [-0.15, -0.1) is 0 Å². The van der Waals surface area contributed by atoms with Crippen molar-refractivity contribution in [1.82, 2.24) is 20.4 Å². The van der Waals surface area contributed by atoms with Crippen LogP contribution in [0.5, 0.6) is 0 Å². The molecule has 1 aromatic rings. The first-order chi connectivity index (χ1) is 9.11. The fourth-order valence-corrected chi connectivity index (χ4v) is 2.36. The van der Waals surface area contributed by atoms with Gasteiger partial charge in [-0.3, -0.25) is 9.59 Å². The van der Waals surface area contributed by atoms with E-state index in [-0.39, 0.29) is 18.4 Å². The molecule has 104 valence electrons. The summed E-state index contributed by atoms with van der Waals surface area (Å²) in [6.45, 7) is 4.33. The number of amides is 2. The van der Waals surface area contributed by atoms with Crippen LogP contribution in [0.1, 0.15) is 32.5 Å². The summed E-state index contributed by atoms with van der Waals surface area (Å²) in [4.78, 5) is 29.7. The molecule has 0 aromatic carbocycles. The zero-order chi connectivity index (χ0) is 13.9. The Balaban J connectivity index is 2.07. The van der Waals surface area contributed by atoms with Crippen molar-refractivity contribution in [2.24, 2.45) is 0 Å². The van der Waals surface area contributed by atoms with Crippen LogP contribution in [0, 0.1) is 0 Å². The summed E-state index contributed by atoms with van der Waals surface area (Å²) < 4.78 is 4.64. The third-order valence-corrected chi connectivity index (χ3v) is 3.63. The Kier molecular flexibility index (Phi) is 3.82. The molecule has 2 heterocycles. The van der Waals surface area contributed by atoms with E-state index in [1.807, 2.05) is 13.8 Å². The number of aromatic nitrogens is 2. The lowest BCUT2D eigenvalue weighted by Gasteiger charge is -2.41. The Morgan fingerprint density at radius 3 is 2.74 bits per heavy atom. The van der Waals surface area contributed by atoms with Gasteiger partial charge < -0.3 is 14.7 Å². The Hall–Kier alpha value is -1.92. The van der Waals surface area contributed by atoms with Crippen LogP contribution in [-0.2, 0) is 16.0 Å². The summed E-state index contributed by atoms with van der Waals surface area (Å²) in [5, 5.41) is 6.52. The minimum atomic E-state index is -0.757. The monoisotopic (exact) mass is 266 g/mol. The number of carbonyl (C=O) groups is 2. The van der Waals surface area contributed by atoms with Gasteiger partial charge in [-0.25, -0.2) is 0 Å². The van der Waals surface area contributed by atoms with Gasteiger partial charge in [0, 0.05) is 13.0 Å². The number of piperazine rings is 1. The zero-order valence-electron chi connectivity index (χ0n) is 11.2. The van der Waals surface area contributed by atoms with E-state index < -0.39 is 5.54 Å². The topological polar surface area (TPSA) is 88.3 Å². The molecule has 2 rings (SSSR count). The van der Waals surface area contributed by atoms with Crippen molar-refractivity contribution in [2.45, 2.75) is 38.6 Å². The van der Waals surface area contributed by atoms with Crippen LogP contribution in [0.2, 0.25) is 0 Å². The molecule has 0 bridgehead atoms. The van der Waals surface area contributed by atoms with Gasteiger partial charge >= 0.3 is 0 Å². The van der Waals surface area contributed by atoms with Crippen LogP contribution >= 0.6 is 0 Å². The van der Waals surface area contributed by atoms with Crippen molar-refractivity contribution in [2.75, 3.05) is 13.1 Å². The maximum Gasteiger partial charge on any atom is 0.248 e. The molecule has 0 spiro atoms. The summed E-state index contributed by atoms with van der Waals surface area (Å²) in [5.41, 5.74) is -0.757. The van der Waals surface area contributed by atoms with E-state index in [9.17, 15) is 9.59 Å². The highest BCUT2D eigenvalue weighted by molar-refractivity contribution is 5.97. The summed E-state index contributed by atoms with van der Waals surface area (Å²) in [5.74, 6) is 0.398. The molecule has 1 N–H and O–H groups in total. The molecule has 7 heteroatoms. The van der Waals surface area contributed by atoms with Gasteiger partial charge in [0.2, 0.25) is 18.2 Å². The highest BCUT2D eigenvalue weighted by Crippen LogP contribution is 2.22. The Bertz CT molecular complexity index is 454. The van der Waals surface area contributed by atoms with Crippen LogP contribution < -0.4 is 5.32 Å². The van der Waals surface area contributed by atoms with Crippen molar-refractivity contribution in [3.05, 3.63) is 12.2 Å². The summed E-state index contributed by atoms with van der Waals surface area (Å²) in [6, 6.07) is 0. The lowest BCUT2D eigenvalue weighted by atomic mass is 9.89. The predicted octanol–water partition coefficient (Wildman–Crippen LogP) is 0.129. The van der Waals surface area contributed by atoms with Crippen molar-refractivity contribution in [3.63, 3.8) is 0 Å².